The minimum absolute atomic E-state index is 0.0590. The number of halogens is 3. The molecule has 38 heavy (non-hydrogen) atoms. The third kappa shape index (κ3) is 5.54. The van der Waals surface area contributed by atoms with Crippen LogP contribution in [0.4, 0.5) is 8.78 Å². The van der Waals surface area contributed by atoms with Crippen molar-refractivity contribution in [2.75, 3.05) is 33.5 Å². The predicted molar refractivity (Wildman–Crippen MR) is 140 cm³/mol. The van der Waals surface area contributed by atoms with E-state index in [1.54, 1.807) is 19.1 Å². The molecule has 1 aromatic heterocycles. The van der Waals surface area contributed by atoms with Gasteiger partial charge in [-0.25, -0.2) is 13.8 Å². The monoisotopic (exact) mass is 546 g/mol. The molecule has 0 spiro atoms. The van der Waals surface area contributed by atoms with Gasteiger partial charge in [0.25, 0.3) is 5.91 Å². The number of pyridine rings is 1. The summed E-state index contributed by atoms with van der Waals surface area (Å²) < 4.78 is 42.8. The van der Waals surface area contributed by atoms with Gasteiger partial charge in [0.2, 0.25) is 0 Å². The van der Waals surface area contributed by atoms with E-state index >= 15 is 0 Å². The molecular formula is C28H29ClF2N2O5. The summed E-state index contributed by atoms with van der Waals surface area (Å²) in [5.74, 6) is 0.120. The number of aliphatic hydroxyl groups is 1. The van der Waals surface area contributed by atoms with Crippen molar-refractivity contribution in [2.45, 2.75) is 31.8 Å². The summed E-state index contributed by atoms with van der Waals surface area (Å²) in [6.45, 7) is 5.01. The summed E-state index contributed by atoms with van der Waals surface area (Å²) in [6.07, 6.45) is 0. The van der Waals surface area contributed by atoms with Gasteiger partial charge in [0.15, 0.2) is 11.5 Å². The number of carbonyl (C=O) groups is 1. The Kier molecular flexibility index (Phi) is 7.80. The van der Waals surface area contributed by atoms with Gasteiger partial charge in [0, 0.05) is 22.1 Å². The molecule has 3 aromatic rings. The average molecular weight is 547 g/mol. The number of ether oxygens (including phenoxy) is 3. The lowest BCUT2D eigenvalue weighted by Gasteiger charge is -2.26. The first-order chi connectivity index (χ1) is 18.0. The topological polar surface area (TPSA) is 89.9 Å². The number of hydrogen-bond donors (Lipinski definition) is 2. The maximum atomic E-state index is 13.8. The standard InChI is InChI=1S/C28H29ClF2N2O5/c1-27(2)15-38-25-18(27)13-23(33-24(25)16-5-7-20(31)19(29)11-16)28(3,35)14-32-26(34)17-6-8-21(37-10-9-30)22(12-17)36-4/h5-8,11-13,35H,9-10,14-15H2,1-4H3,(H,32,34). The van der Waals surface area contributed by atoms with E-state index in [0.29, 0.717) is 35.1 Å². The Morgan fingerprint density at radius 2 is 2.00 bits per heavy atom. The second-order valence-electron chi connectivity index (χ2n) is 9.89. The number of amides is 1. The van der Waals surface area contributed by atoms with Crippen molar-refractivity contribution in [2.24, 2.45) is 0 Å². The molecule has 10 heteroatoms. The fourth-order valence-electron chi connectivity index (χ4n) is 4.15. The zero-order valence-electron chi connectivity index (χ0n) is 21.5. The van der Waals surface area contributed by atoms with Gasteiger partial charge in [-0.3, -0.25) is 4.79 Å². The van der Waals surface area contributed by atoms with Crippen LogP contribution in [0.15, 0.2) is 42.5 Å². The molecule has 2 heterocycles. The first-order valence-corrected chi connectivity index (χ1v) is 12.4. The lowest BCUT2D eigenvalue weighted by Crippen LogP contribution is -2.39. The summed E-state index contributed by atoms with van der Waals surface area (Å²) in [5.41, 5.74) is 0.419. The number of benzene rings is 2. The van der Waals surface area contributed by atoms with Crippen molar-refractivity contribution < 1.29 is 32.9 Å². The number of alkyl halides is 1. The van der Waals surface area contributed by atoms with Crippen LogP contribution in [-0.4, -0.2) is 49.5 Å². The van der Waals surface area contributed by atoms with Crippen LogP contribution in [0.1, 0.15) is 42.4 Å². The molecule has 7 nitrogen and oxygen atoms in total. The highest BCUT2D eigenvalue weighted by Crippen LogP contribution is 2.45. The highest BCUT2D eigenvalue weighted by molar-refractivity contribution is 6.31. The molecule has 0 fully saturated rings. The van der Waals surface area contributed by atoms with Crippen molar-refractivity contribution in [3.8, 4) is 28.5 Å². The molecule has 0 saturated heterocycles. The predicted octanol–water partition coefficient (Wildman–Crippen LogP) is 5.21. The van der Waals surface area contributed by atoms with E-state index in [2.05, 4.69) is 10.3 Å². The van der Waals surface area contributed by atoms with Crippen molar-refractivity contribution in [1.29, 1.82) is 0 Å². The second kappa shape index (κ2) is 10.7. The Labute approximate surface area is 224 Å². The third-order valence-electron chi connectivity index (χ3n) is 6.38. The minimum Gasteiger partial charge on any atom is -0.493 e. The summed E-state index contributed by atoms with van der Waals surface area (Å²) >= 11 is 6.03. The normalized spacial score (nSPS) is 15.3. The molecule has 1 aliphatic heterocycles. The van der Waals surface area contributed by atoms with E-state index in [9.17, 15) is 18.7 Å². The van der Waals surface area contributed by atoms with Gasteiger partial charge in [0.05, 0.1) is 31.0 Å². The van der Waals surface area contributed by atoms with E-state index in [-0.39, 0.29) is 34.9 Å². The number of fused-ring (bicyclic) bond motifs is 1. The maximum Gasteiger partial charge on any atom is 0.251 e. The van der Waals surface area contributed by atoms with Crippen LogP contribution in [0, 0.1) is 5.82 Å². The van der Waals surface area contributed by atoms with Crippen LogP contribution in [0.3, 0.4) is 0 Å². The van der Waals surface area contributed by atoms with E-state index in [0.717, 1.165) is 5.56 Å². The zero-order valence-corrected chi connectivity index (χ0v) is 22.3. The Hall–Kier alpha value is -3.43. The molecular weight excluding hydrogens is 518 g/mol. The van der Waals surface area contributed by atoms with Gasteiger partial charge in [-0.15, -0.1) is 0 Å². The lowest BCUT2D eigenvalue weighted by atomic mass is 9.84. The number of nitrogens with one attached hydrogen (secondary N) is 1. The Morgan fingerprint density at radius 3 is 2.68 bits per heavy atom. The summed E-state index contributed by atoms with van der Waals surface area (Å²) in [7, 11) is 1.42. The van der Waals surface area contributed by atoms with Crippen LogP contribution >= 0.6 is 11.6 Å². The molecule has 1 unspecified atom stereocenters. The Balaban J connectivity index is 1.62. The smallest absolute Gasteiger partial charge is 0.251 e. The Morgan fingerprint density at radius 1 is 1.24 bits per heavy atom. The minimum atomic E-state index is -1.57. The molecule has 2 aromatic carbocycles. The molecule has 0 bridgehead atoms. The fourth-order valence-corrected chi connectivity index (χ4v) is 4.33. The molecule has 0 saturated carbocycles. The van der Waals surface area contributed by atoms with Crippen LogP contribution in [0.5, 0.6) is 17.2 Å². The molecule has 0 radical (unpaired) electrons. The van der Waals surface area contributed by atoms with Gasteiger partial charge < -0.3 is 24.6 Å². The number of rotatable bonds is 9. The summed E-state index contributed by atoms with van der Waals surface area (Å²) in [5, 5.41) is 14.1. The highest BCUT2D eigenvalue weighted by Gasteiger charge is 2.38. The van der Waals surface area contributed by atoms with E-state index in [1.807, 2.05) is 13.8 Å². The van der Waals surface area contributed by atoms with Gasteiger partial charge in [0.1, 0.15) is 36.1 Å². The van der Waals surface area contributed by atoms with Crippen molar-refractivity contribution in [3.05, 3.63) is 70.1 Å². The van der Waals surface area contributed by atoms with Crippen LogP contribution < -0.4 is 19.5 Å². The number of hydrogen-bond acceptors (Lipinski definition) is 6. The quantitative estimate of drug-likeness (QED) is 0.383. The number of nitrogens with zero attached hydrogens (tertiary/aromatic N) is 1. The maximum absolute atomic E-state index is 13.8. The Bertz CT molecular complexity index is 1360. The molecule has 0 aliphatic carbocycles. The fraction of sp³-hybridized carbons (Fsp3) is 0.357. The van der Waals surface area contributed by atoms with E-state index in [1.165, 1.54) is 37.4 Å². The molecule has 2 N–H and O–H groups in total. The zero-order chi connectivity index (χ0) is 27.7. The number of aromatic nitrogens is 1. The molecule has 4 rings (SSSR count). The SMILES string of the molecule is COc1cc(C(=O)NCC(C)(O)c2cc3c(c(-c4ccc(F)c(Cl)c4)n2)OCC3(C)C)ccc1OCCF. The lowest BCUT2D eigenvalue weighted by molar-refractivity contribution is 0.0489. The first kappa shape index (κ1) is 27.6. The number of carbonyl (C=O) groups excluding carboxylic acids is 1. The van der Waals surface area contributed by atoms with Crippen LogP contribution in [0.25, 0.3) is 11.3 Å². The highest BCUT2D eigenvalue weighted by atomic mass is 35.5. The van der Waals surface area contributed by atoms with Crippen LogP contribution in [-0.2, 0) is 11.0 Å². The van der Waals surface area contributed by atoms with Crippen molar-refractivity contribution >= 4 is 17.5 Å². The molecule has 1 atom stereocenters. The molecule has 202 valence electrons. The van der Waals surface area contributed by atoms with E-state index in [4.69, 9.17) is 25.8 Å². The largest absolute Gasteiger partial charge is 0.493 e. The first-order valence-electron chi connectivity index (χ1n) is 12.0. The van der Waals surface area contributed by atoms with E-state index < -0.39 is 24.0 Å². The second-order valence-corrected chi connectivity index (χ2v) is 10.3. The van der Waals surface area contributed by atoms with Gasteiger partial charge in [-0.05, 0) is 49.4 Å². The average Bonchev–Trinajstić information content (AvgIpc) is 3.21. The summed E-state index contributed by atoms with van der Waals surface area (Å²) in [6, 6.07) is 10.5. The van der Waals surface area contributed by atoms with Crippen molar-refractivity contribution in [1.82, 2.24) is 10.3 Å². The summed E-state index contributed by atoms with van der Waals surface area (Å²) in [4.78, 5) is 17.6. The van der Waals surface area contributed by atoms with Gasteiger partial charge in [-0.2, -0.15) is 0 Å². The van der Waals surface area contributed by atoms with Crippen molar-refractivity contribution in [3.63, 3.8) is 0 Å². The molecule has 1 aliphatic rings. The van der Waals surface area contributed by atoms with Crippen LogP contribution in [0.2, 0.25) is 5.02 Å². The third-order valence-corrected chi connectivity index (χ3v) is 6.67. The molecule has 1 amide bonds. The van der Waals surface area contributed by atoms with Gasteiger partial charge >= 0.3 is 0 Å². The van der Waals surface area contributed by atoms with Gasteiger partial charge in [-0.1, -0.05) is 25.4 Å². The number of methoxy groups -OCH3 is 1.